The van der Waals surface area contributed by atoms with E-state index in [1.165, 1.54) is 0 Å². The molecule has 0 saturated carbocycles. The number of ether oxygens (including phenoxy) is 4. The number of benzene rings is 2. The van der Waals surface area contributed by atoms with E-state index in [2.05, 4.69) is 10.2 Å². The zero-order valence-electron chi connectivity index (χ0n) is 19.3. The maximum atomic E-state index is 12.5. The van der Waals surface area contributed by atoms with Crippen molar-refractivity contribution >= 4 is 11.8 Å². The minimum atomic E-state index is -0.327. The fourth-order valence-electron chi connectivity index (χ4n) is 3.69. The van der Waals surface area contributed by atoms with Crippen LogP contribution >= 0.6 is 0 Å². The summed E-state index contributed by atoms with van der Waals surface area (Å²) in [7, 11) is 4.78. The SMILES string of the molecule is COc1ccc(CN2CCN(C(=O)CNC(=O)COc3ccccc3)CC2)c(OC)c1OC. The molecule has 0 aromatic heterocycles. The highest BCUT2D eigenvalue weighted by atomic mass is 16.5. The number of nitrogens with zero attached hydrogens (tertiary/aromatic N) is 2. The van der Waals surface area contributed by atoms with E-state index in [-0.39, 0.29) is 25.0 Å². The first-order valence-electron chi connectivity index (χ1n) is 10.8. The van der Waals surface area contributed by atoms with Crippen molar-refractivity contribution in [1.82, 2.24) is 15.1 Å². The van der Waals surface area contributed by atoms with E-state index in [0.29, 0.717) is 55.7 Å². The van der Waals surface area contributed by atoms with E-state index in [0.717, 1.165) is 5.56 Å². The van der Waals surface area contributed by atoms with Gasteiger partial charge in [0.15, 0.2) is 18.1 Å². The Hall–Kier alpha value is -3.46. The number of amides is 2. The van der Waals surface area contributed by atoms with Crippen molar-refractivity contribution in [3.05, 3.63) is 48.0 Å². The van der Waals surface area contributed by atoms with E-state index in [1.54, 1.807) is 38.4 Å². The molecule has 1 N–H and O–H groups in total. The minimum Gasteiger partial charge on any atom is -0.493 e. The van der Waals surface area contributed by atoms with Crippen LogP contribution in [0, 0.1) is 0 Å². The molecule has 0 unspecified atom stereocenters. The first-order valence-corrected chi connectivity index (χ1v) is 10.8. The number of para-hydroxylation sites is 1. The summed E-state index contributed by atoms with van der Waals surface area (Å²) in [4.78, 5) is 28.5. The predicted molar refractivity (Wildman–Crippen MR) is 123 cm³/mol. The van der Waals surface area contributed by atoms with Gasteiger partial charge in [-0.05, 0) is 18.2 Å². The Morgan fingerprint density at radius 1 is 0.879 bits per heavy atom. The summed E-state index contributed by atoms with van der Waals surface area (Å²) in [6.07, 6.45) is 0. The molecule has 9 nitrogen and oxygen atoms in total. The van der Waals surface area contributed by atoms with Gasteiger partial charge in [-0.2, -0.15) is 0 Å². The predicted octanol–water partition coefficient (Wildman–Crippen LogP) is 1.55. The molecule has 1 fully saturated rings. The second-order valence-electron chi connectivity index (χ2n) is 7.53. The summed E-state index contributed by atoms with van der Waals surface area (Å²) < 4.78 is 21.8. The molecule has 2 aromatic rings. The third-order valence-electron chi connectivity index (χ3n) is 5.45. The van der Waals surface area contributed by atoms with Crippen molar-refractivity contribution in [2.45, 2.75) is 6.54 Å². The van der Waals surface area contributed by atoms with Gasteiger partial charge in [0.2, 0.25) is 11.7 Å². The molecule has 2 aromatic carbocycles. The molecule has 9 heteroatoms. The fraction of sp³-hybridized carbons (Fsp3) is 0.417. The zero-order chi connectivity index (χ0) is 23.6. The number of carbonyl (C=O) groups is 2. The van der Waals surface area contributed by atoms with E-state index in [1.807, 2.05) is 30.3 Å². The zero-order valence-corrected chi connectivity index (χ0v) is 19.3. The van der Waals surface area contributed by atoms with Crippen LogP contribution in [-0.2, 0) is 16.1 Å². The van der Waals surface area contributed by atoms with E-state index < -0.39 is 0 Å². The highest BCUT2D eigenvalue weighted by Crippen LogP contribution is 2.40. The van der Waals surface area contributed by atoms with Crippen LogP contribution in [0.15, 0.2) is 42.5 Å². The van der Waals surface area contributed by atoms with Gasteiger partial charge in [-0.1, -0.05) is 24.3 Å². The highest BCUT2D eigenvalue weighted by Gasteiger charge is 2.23. The lowest BCUT2D eigenvalue weighted by atomic mass is 10.1. The maximum Gasteiger partial charge on any atom is 0.258 e. The normalized spacial score (nSPS) is 13.8. The summed E-state index contributed by atoms with van der Waals surface area (Å²) >= 11 is 0. The van der Waals surface area contributed by atoms with Crippen molar-refractivity contribution in [2.75, 3.05) is 60.7 Å². The number of rotatable bonds is 10. The third kappa shape index (κ3) is 6.52. The number of carbonyl (C=O) groups excluding carboxylic acids is 2. The topological polar surface area (TPSA) is 89.6 Å². The van der Waals surface area contributed by atoms with Gasteiger partial charge in [0.25, 0.3) is 5.91 Å². The second-order valence-corrected chi connectivity index (χ2v) is 7.53. The standard InChI is InChI=1S/C24H31N3O6/c1-30-20-10-9-18(23(31-2)24(20)32-3)16-26-11-13-27(14-12-26)22(29)15-25-21(28)17-33-19-7-5-4-6-8-19/h4-10H,11-17H2,1-3H3,(H,25,28). The molecule has 1 aliphatic heterocycles. The molecule has 0 spiro atoms. The summed E-state index contributed by atoms with van der Waals surface area (Å²) in [6.45, 7) is 3.11. The first-order chi connectivity index (χ1) is 16.0. The second kappa shape index (κ2) is 12.0. The molecule has 0 radical (unpaired) electrons. The van der Waals surface area contributed by atoms with Gasteiger partial charge in [0, 0.05) is 38.3 Å². The Morgan fingerprint density at radius 2 is 1.58 bits per heavy atom. The molecule has 3 rings (SSSR count). The van der Waals surface area contributed by atoms with Crippen LogP contribution in [0.2, 0.25) is 0 Å². The summed E-state index contributed by atoms with van der Waals surface area (Å²) in [5.41, 5.74) is 0.987. The summed E-state index contributed by atoms with van der Waals surface area (Å²) in [6, 6.07) is 12.9. The lowest BCUT2D eigenvalue weighted by molar-refractivity contribution is -0.134. The number of hydrogen-bond donors (Lipinski definition) is 1. The molecule has 1 aliphatic rings. The fourth-order valence-corrected chi connectivity index (χ4v) is 3.69. The lowest BCUT2D eigenvalue weighted by Gasteiger charge is -2.35. The molecule has 0 aliphatic carbocycles. The van der Waals surface area contributed by atoms with Crippen molar-refractivity contribution in [2.24, 2.45) is 0 Å². The Morgan fingerprint density at radius 3 is 2.21 bits per heavy atom. The van der Waals surface area contributed by atoms with Crippen LogP contribution in [0.1, 0.15) is 5.56 Å². The highest BCUT2D eigenvalue weighted by molar-refractivity contribution is 5.85. The van der Waals surface area contributed by atoms with Gasteiger partial charge in [-0.3, -0.25) is 14.5 Å². The van der Waals surface area contributed by atoms with Gasteiger partial charge in [0.1, 0.15) is 5.75 Å². The molecule has 178 valence electrons. The summed E-state index contributed by atoms with van der Waals surface area (Å²) in [5, 5.41) is 2.63. The molecule has 2 amide bonds. The Balaban J connectivity index is 1.44. The molecular weight excluding hydrogens is 426 g/mol. The Labute approximate surface area is 194 Å². The number of methoxy groups -OCH3 is 3. The molecule has 33 heavy (non-hydrogen) atoms. The van der Waals surface area contributed by atoms with E-state index >= 15 is 0 Å². The van der Waals surface area contributed by atoms with Crippen molar-refractivity contribution in [3.8, 4) is 23.0 Å². The number of piperazine rings is 1. The maximum absolute atomic E-state index is 12.5. The van der Waals surface area contributed by atoms with Gasteiger partial charge in [-0.15, -0.1) is 0 Å². The smallest absolute Gasteiger partial charge is 0.258 e. The van der Waals surface area contributed by atoms with E-state index in [4.69, 9.17) is 18.9 Å². The first kappa shape index (κ1) is 24.2. The van der Waals surface area contributed by atoms with Crippen LogP contribution in [-0.4, -0.2) is 82.3 Å². The third-order valence-corrected chi connectivity index (χ3v) is 5.45. The quantitative estimate of drug-likeness (QED) is 0.579. The average molecular weight is 458 g/mol. The number of hydrogen-bond acceptors (Lipinski definition) is 7. The molecular formula is C24H31N3O6. The Kier molecular flexibility index (Phi) is 8.77. The monoisotopic (exact) mass is 457 g/mol. The Bertz CT molecular complexity index is 929. The van der Waals surface area contributed by atoms with Crippen LogP contribution in [0.5, 0.6) is 23.0 Å². The summed E-state index contributed by atoms with van der Waals surface area (Å²) in [5.74, 6) is 2.01. The molecule has 0 bridgehead atoms. The minimum absolute atomic E-state index is 0.0412. The van der Waals surface area contributed by atoms with Crippen LogP contribution in [0.3, 0.4) is 0 Å². The molecule has 1 heterocycles. The van der Waals surface area contributed by atoms with Crippen LogP contribution < -0.4 is 24.3 Å². The van der Waals surface area contributed by atoms with Crippen molar-refractivity contribution in [3.63, 3.8) is 0 Å². The number of nitrogens with one attached hydrogen (secondary N) is 1. The van der Waals surface area contributed by atoms with E-state index in [9.17, 15) is 9.59 Å². The molecule has 1 saturated heterocycles. The van der Waals surface area contributed by atoms with Gasteiger partial charge >= 0.3 is 0 Å². The van der Waals surface area contributed by atoms with Gasteiger partial charge in [-0.25, -0.2) is 0 Å². The molecule has 0 atom stereocenters. The van der Waals surface area contributed by atoms with Crippen LogP contribution in [0.25, 0.3) is 0 Å². The van der Waals surface area contributed by atoms with Gasteiger partial charge in [0.05, 0.1) is 27.9 Å². The lowest BCUT2D eigenvalue weighted by Crippen LogP contribution is -2.51. The van der Waals surface area contributed by atoms with Crippen molar-refractivity contribution < 1.29 is 28.5 Å². The van der Waals surface area contributed by atoms with Gasteiger partial charge < -0.3 is 29.2 Å². The van der Waals surface area contributed by atoms with Crippen LogP contribution in [0.4, 0.5) is 0 Å². The van der Waals surface area contributed by atoms with Crippen molar-refractivity contribution in [1.29, 1.82) is 0 Å². The largest absolute Gasteiger partial charge is 0.493 e. The average Bonchev–Trinajstić information content (AvgIpc) is 2.86.